The molecule has 0 unspecified atom stereocenters. The average molecular weight is 406 g/mol. The first-order chi connectivity index (χ1) is 13.9. The minimum absolute atomic E-state index is 0.177. The van der Waals surface area contributed by atoms with Crippen molar-refractivity contribution in [3.05, 3.63) is 71.3 Å². The van der Waals surface area contributed by atoms with Crippen molar-refractivity contribution in [3.8, 4) is 0 Å². The predicted molar refractivity (Wildman–Crippen MR) is 116 cm³/mol. The van der Waals surface area contributed by atoms with Crippen molar-refractivity contribution in [1.29, 1.82) is 0 Å². The number of amides is 1. The van der Waals surface area contributed by atoms with Gasteiger partial charge in [0.15, 0.2) is 10.8 Å². The van der Waals surface area contributed by atoms with Crippen LogP contribution >= 0.6 is 11.3 Å². The highest BCUT2D eigenvalue weighted by molar-refractivity contribution is 7.22. The number of rotatable bonds is 5. The number of aryl methyl sites for hydroxylation is 2. The Bertz CT molecular complexity index is 1160. The molecule has 29 heavy (non-hydrogen) atoms. The Morgan fingerprint density at radius 1 is 1.21 bits per heavy atom. The molecule has 0 atom stereocenters. The molecule has 3 heterocycles. The van der Waals surface area contributed by atoms with Crippen LogP contribution < -0.4 is 4.90 Å². The summed E-state index contributed by atoms with van der Waals surface area (Å²) in [6.07, 6.45) is 3.57. The lowest BCUT2D eigenvalue weighted by Crippen LogP contribution is -2.31. The molecule has 3 aromatic heterocycles. The highest BCUT2D eigenvalue weighted by Gasteiger charge is 2.24. The van der Waals surface area contributed by atoms with Crippen molar-refractivity contribution in [2.24, 2.45) is 0 Å². The Balaban J connectivity index is 1.77. The minimum Gasteiger partial charge on any atom is -0.276 e. The van der Waals surface area contributed by atoms with Crippen LogP contribution in [0.1, 0.15) is 47.2 Å². The lowest BCUT2D eigenvalue weighted by Gasteiger charge is -2.18. The van der Waals surface area contributed by atoms with Gasteiger partial charge in [-0.25, -0.2) is 4.98 Å². The molecule has 4 rings (SSSR count). The average Bonchev–Trinajstić information content (AvgIpc) is 3.34. The fourth-order valence-electron chi connectivity index (χ4n) is 3.23. The van der Waals surface area contributed by atoms with Crippen molar-refractivity contribution in [3.63, 3.8) is 0 Å². The molecule has 0 aliphatic heterocycles. The Morgan fingerprint density at radius 3 is 2.72 bits per heavy atom. The SMILES string of the molecule is Cc1cc(C)c2nc(N(Cc3ccccn3)C(=O)c3ccn(C(C)C)n3)sc2c1. The van der Waals surface area contributed by atoms with Crippen LogP contribution in [0.4, 0.5) is 5.13 Å². The largest absolute Gasteiger partial charge is 0.280 e. The summed E-state index contributed by atoms with van der Waals surface area (Å²) < 4.78 is 2.86. The normalized spacial score (nSPS) is 11.3. The summed E-state index contributed by atoms with van der Waals surface area (Å²) in [6.45, 7) is 8.53. The van der Waals surface area contributed by atoms with Crippen LogP contribution in [0.3, 0.4) is 0 Å². The van der Waals surface area contributed by atoms with E-state index in [1.165, 1.54) is 16.9 Å². The summed E-state index contributed by atoms with van der Waals surface area (Å²) in [5.41, 5.74) is 4.43. The second kappa shape index (κ2) is 7.75. The molecule has 0 N–H and O–H groups in total. The maximum Gasteiger partial charge on any atom is 0.280 e. The molecular formula is C22H23N5OS. The molecule has 6 nitrogen and oxygen atoms in total. The number of anilines is 1. The van der Waals surface area contributed by atoms with Gasteiger partial charge in [-0.15, -0.1) is 0 Å². The van der Waals surface area contributed by atoms with Crippen LogP contribution in [-0.4, -0.2) is 25.7 Å². The minimum atomic E-state index is -0.177. The second-order valence-electron chi connectivity index (χ2n) is 7.41. The van der Waals surface area contributed by atoms with Gasteiger partial charge in [-0.05, 0) is 63.1 Å². The van der Waals surface area contributed by atoms with Crippen molar-refractivity contribution >= 4 is 32.6 Å². The molecule has 1 aromatic carbocycles. The fourth-order valence-corrected chi connectivity index (χ4v) is 4.37. The molecule has 0 fully saturated rings. The van der Waals surface area contributed by atoms with E-state index in [1.807, 2.05) is 45.2 Å². The standard InChI is InChI=1S/C22H23N5OS/c1-14(2)27-10-8-18(25-27)21(28)26(13-17-7-5-6-9-23-17)22-24-20-16(4)11-15(3)12-19(20)29-22/h5-12,14H,13H2,1-4H3. The first-order valence-electron chi connectivity index (χ1n) is 9.57. The van der Waals surface area contributed by atoms with E-state index in [1.54, 1.807) is 21.8 Å². The van der Waals surface area contributed by atoms with Gasteiger partial charge in [0.25, 0.3) is 5.91 Å². The van der Waals surface area contributed by atoms with Crippen molar-refractivity contribution in [2.45, 2.75) is 40.3 Å². The Morgan fingerprint density at radius 2 is 2.03 bits per heavy atom. The number of pyridine rings is 1. The van der Waals surface area contributed by atoms with Crippen LogP contribution in [0.15, 0.2) is 48.8 Å². The molecule has 0 saturated carbocycles. The van der Waals surface area contributed by atoms with Gasteiger partial charge >= 0.3 is 0 Å². The third kappa shape index (κ3) is 3.91. The number of thiazole rings is 1. The lowest BCUT2D eigenvalue weighted by molar-refractivity contribution is 0.0979. The molecular weight excluding hydrogens is 382 g/mol. The number of benzene rings is 1. The van der Waals surface area contributed by atoms with Gasteiger partial charge in [0.2, 0.25) is 0 Å². The number of aromatic nitrogens is 4. The molecule has 4 aromatic rings. The highest BCUT2D eigenvalue weighted by atomic mass is 32.1. The van der Waals surface area contributed by atoms with Gasteiger partial charge in [0, 0.05) is 18.4 Å². The van der Waals surface area contributed by atoms with E-state index in [2.05, 4.69) is 29.1 Å². The summed E-state index contributed by atoms with van der Waals surface area (Å²) >= 11 is 1.52. The molecule has 7 heteroatoms. The van der Waals surface area contributed by atoms with Crippen LogP contribution in [-0.2, 0) is 6.54 Å². The smallest absolute Gasteiger partial charge is 0.276 e. The number of fused-ring (bicyclic) bond motifs is 1. The van der Waals surface area contributed by atoms with Gasteiger partial charge in [-0.1, -0.05) is 23.5 Å². The van der Waals surface area contributed by atoms with Gasteiger partial charge < -0.3 is 0 Å². The quantitative estimate of drug-likeness (QED) is 0.472. The van der Waals surface area contributed by atoms with Gasteiger partial charge in [0.05, 0.1) is 22.5 Å². The molecule has 0 bridgehead atoms. The molecule has 148 valence electrons. The van der Waals surface area contributed by atoms with E-state index in [0.717, 1.165) is 21.5 Å². The van der Waals surface area contributed by atoms with Crippen molar-refractivity contribution in [2.75, 3.05) is 4.90 Å². The van der Waals surface area contributed by atoms with E-state index in [-0.39, 0.29) is 11.9 Å². The van der Waals surface area contributed by atoms with Gasteiger partial charge in [-0.3, -0.25) is 19.4 Å². The number of carbonyl (C=O) groups is 1. The molecule has 0 aliphatic carbocycles. The summed E-state index contributed by atoms with van der Waals surface area (Å²) in [7, 11) is 0. The van der Waals surface area contributed by atoms with E-state index >= 15 is 0 Å². The van der Waals surface area contributed by atoms with Crippen molar-refractivity contribution < 1.29 is 4.79 Å². The molecule has 0 radical (unpaired) electrons. The van der Waals surface area contributed by atoms with E-state index < -0.39 is 0 Å². The van der Waals surface area contributed by atoms with Crippen molar-refractivity contribution in [1.82, 2.24) is 19.7 Å². The summed E-state index contributed by atoms with van der Waals surface area (Å²) in [6, 6.07) is 11.9. The zero-order valence-electron chi connectivity index (χ0n) is 17.0. The zero-order chi connectivity index (χ0) is 20.5. The first-order valence-corrected chi connectivity index (χ1v) is 10.4. The van der Waals surface area contributed by atoms with Crippen LogP contribution in [0.5, 0.6) is 0 Å². The summed E-state index contributed by atoms with van der Waals surface area (Å²) in [5.74, 6) is -0.177. The molecule has 0 aliphatic rings. The van der Waals surface area contributed by atoms with Gasteiger partial charge in [0.1, 0.15) is 0 Å². The fraction of sp³-hybridized carbons (Fsp3) is 0.273. The van der Waals surface area contributed by atoms with Crippen LogP contribution in [0.2, 0.25) is 0 Å². The Labute approximate surface area is 173 Å². The third-order valence-corrected chi connectivity index (χ3v) is 5.72. The summed E-state index contributed by atoms with van der Waals surface area (Å²) in [4.78, 5) is 24.3. The highest BCUT2D eigenvalue weighted by Crippen LogP contribution is 2.33. The molecule has 1 amide bonds. The molecule has 0 spiro atoms. The Hall–Kier alpha value is -3.06. The lowest BCUT2D eigenvalue weighted by atomic mass is 10.1. The van der Waals surface area contributed by atoms with E-state index in [0.29, 0.717) is 17.4 Å². The predicted octanol–water partition coefficient (Wildman–Crippen LogP) is 4.93. The van der Waals surface area contributed by atoms with E-state index in [4.69, 9.17) is 4.98 Å². The number of nitrogens with zero attached hydrogens (tertiary/aromatic N) is 5. The van der Waals surface area contributed by atoms with E-state index in [9.17, 15) is 4.79 Å². The Kier molecular flexibility index (Phi) is 5.15. The maximum absolute atomic E-state index is 13.4. The monoisotopic (exact) mass is 405 g/mol. The maximum atomic E-state index is 13.4. The number of hydrogen-bond acceptors (Lipinski definition) is 5. The topological polar surface area (TPSA) is 63.9 Å². The number of hydrogen-bond donors (Lipinski definition) is 0. The summed E-state index contributed by atoms with van der Waals surface area (Å²) in [5, 5.41) is 5.12. The molecule has 0 saturated heterocycles. The van der Waals surface area contributed by atoms with Gasteiger partial charge in [-0.2, -0.15) is 5.10 Å². The third-order valence-electron chi connectivity index (χ3n) is 4.70. The van der Waals surface area contributed by atoms with Crippen LogP contribution in [0.25, 0.3) is 10.2 Å². The first kappa shape index (κ1) is 19.3. The van der Waals surface area contributed by atoms with Crippen LogP contribution in [0, 0.1) is 13.8 Å². The zero-order valence-corrected chi connectivity index (χ0v) is 17.8. The second-order valence-corrected chi connectivity index (χ2v) is 8.42. The number of carbonyl (C=O) groups excluding carboxylic acids is 1.